The van der Waals surface area contributed by atoms with Crippen LogP contribution in [0.2, 0.25) is 0 Å². The Morgan fingerprint density at radius 3 is 2.96 bits per heavy atom. The van der Waals surface area contributed by atoms with Crippen molar-refractivity contribution in [3.05, 3.63) is 36.0 Å². The van der Waals surface area contributed by atoms with Crippen molar-refractivity contribution in [1.29, 1.82) is 0 Å². The van der Waals surface area contributed by atoms with E-state index in [9.17, 15) is 4.79 Å². The van der Waals surface area contributed by atoms with Crippen LogP contribution in [0.15, 0.2) is 24.8 Å². The van der Waals surface area contributed by atoms with E-state index in [-0.39, 0.29) is 11.5 Å². The maximum absolute atomic E-state index is 12.5. The molecule has 27 heavy (non-hydrogen) atoms. The number of hydrogen-bond acceptors (Lipinski definition) is 6. The first-order chi connectivity index (χ1) is 13.0. The molecule has 2 fully saturated rings. The van der Waals surface area contributed by atoms with E-state index in [1.807, 2.05) is 18.9 Å². The third-order valence-corrected chi connectivity index (χ3v) is 5.30. The Balaban J connectivity index is 1.26. The molecule has 4 rings (SSSR count). The van der Waals surface area contributed by atoms with Crippen LogP contribution in [0.25, 0.3) is 0 Å². The fraction of sp³-hybridized carbons (Fsp3) is 0.579. The zero-order valence-electron chi connectivity index (χ0n) is 15.8. The minimum absolute atomic E-state index is 0.0285. The highest BCUT2D eigenvalue weighted by Crippen LogP contribution is 2.38. The number of ether oxygens (including phenoxy) is 2. The Labute approximate surface area is 158 Å². The van der Waals surface area contributed by atoms with Gasteiger partial charge in [-0.15, -0.1) is 0 Å². The van der Waals surface area contributed by atoms with Gasteiger partial charge in [-0.2, -0.15) is 5.10 Å². The molecule has 1 unspecified atom stereocenters. The molecule has 0 N–H and O–H groups in total. The molecule has 0 bridgehead atoms. The maximum atomic E-state index is 12.5. The number of nitrogens with zero attached hydrogens (tertiary/aromatic N) is 5. The number of likely N-dealkylation sites (tertiary alicyclic amines) is 1. The topological polar surface area (TPSA) is 82.4 Å². The van der Waals surface area contributed by atoms with Crippen LogP contribution in [0.4, 0.5) is 0 Å². The molecule has 2 saturated heterocycles. The lowest BCUT2D eigenvalue weighted by Gasteiger charge is -2.53. The smallest absolute Gasteiger partial charge is 0.257 e. The summed E-state index contributed by atoms with van der Waals surface area (Å²) in [5, 5.41) is 4.07. The Kier molecular flexibility index (Phi) is 4.82. The molecule has 4 heterocycles. The highest BCUT2D eigenvalue weighted by molar-refractivity contribution is 5.94. The molecule has 1 atom stereocenters. The average Bonchev–Trinajstić information content (AvgIpc) is 3.06. The third-order valence-electron chi connectivity index (χ3n) is 5.30. The highest BCUT2D eigenvalue weighted by atomic mass is 16.5. The van der Waals surface area contributed by atoms with Gasteiger partial charge < -0.3 is 14.4 Å². The van der Waals surface area contributed by atoms with Crippen molar-refractivity contribution >= 4 is 5.91 Å². The second kappa shape index (κ2) is 7.26. The van der Waals surface area contributed by atoms with E-state index >= 15 is 0 Å². The Hall–Kier alpha value is -2.48. The number of carbonyl (C=O) groups excluding carboxylic acids is 1. The molecule has 1 spiro atoms. The highest BCUT2D eigenvalue weighted by Gasteiger charge is 2.49. The van der Waals surface area contributed by atoms with Gasteiger partial charge in [0.1, 0.15) is 5.60 Å². The minimum atomic E-state index is -0.191. The van der Waals surface area contributed by atoms with Gasteiger partial charge in [0.05, 0.1) is 43.3 Å². The van der Waals surface area contributed by atoms with Crippen LogP contribution in [-0.2, 0) is 11.8 Å². The first-order valence-corrected chi connectivity index (χ1v) is 9.36. The fourth-order valence-corrected chi connectivity index (χ4v) is 3.94. The monoisotopic (exact) mass is 371 g/mol. The van der Waals surface area contributed by atoms with Crippen molar-refractivity contribution in [3.8, 4) is 5.88 Å². The second-order valence-electron chi connectivity index (χ2n) is 7.59. The largest absolute Gasteiger partial charge is 0.477 e. The molecule has 2 aliphatic rings. The summed E-state index contributed by atoms with van der Waals surface area (Å²) in [7, 11) is 1.81. The van der Waals surface area contributed by atoms with Crippen molar-refractivity contribution < 1.29 is 14.3 Å². The van der Waals surface area contributed by atoms with E-state index in [1.54, 1.807) is 29.5 Å². The molecule has 2 aromatic heterocycles. The zero-order chi connectivity index (χ0) is 18.9. The molecule has 2 aliphatic heterocycles. The first kappa shape index (κ1) is 17.9. The van der Waals surface area contributed by atoms with E-state index in [1.165, 1.54) is 0 Å². The Morgan fingerprint density at radius 1 is 1.37 bits per heavy atom. The van der Waals surface area contributed by atoms with E-state index in [0.717, 1.165) is 31.6 Å². The van der Waals surface area contributed by atoms with Gasteiger partial charge in [0.2, 0.25) is 5.88 Å². The van der Waals surface area contributed by atoms with Gasteiger partial charge in [-0.3, -0.25) is 14.5 Å². The van der Waals surface area contributed by atoms with Crippen LogP contribution >= 0.6 is 0 Å². The molecule has 8 nitrogen and oxygen atoms in total. The molecule has 0 saturated carbocycles. The van der Waals surface area contributed by atoms with Crippen molar-refractivity contribution in [2.75, 3.05) is 26.3 Å². The molecule has 0 aliphatic carbocycles. The van der Waals surface area contributed by atoms with Crippen LogP contribution in [0, 0.1) is 12.8 Å². The number of hydrogen-bond donors (Lipinski definition) is 0. The van der Waals surface area contributed by atoms with Gasteiger partial charge in [-0.05, 0) is 32.1 Å². The molecule has 0 radical (unpaired) electrons. The summed E-state index contributed by atoms with van der Waals surface area (Å²) >= 11 is 0. The molecule has 2 aromatic rings. The number of aryl methyl sites for hydroxylation is 2. The van der Waals surface area contributed by atoms with Crippen molar-refractivity contribution in [3.63, 3.8) is 0 Å². The Bertz CT molecular complexity index is 815. The van der Waals surface area contributed by atoms with Gasteiger partial charge in [-0.25, -0.2) is 4.98 Å². The van der Waals surface area contributed by atoms with E-state index in [4.69, 9.17) is 9.47 Å². The molecule has 8 heteroatoms. The standard InChI is InChI=1S/C19H25N5O3/c1-14-8-20-10-17(22-14)26-5-3-15-4-6-27-19(7-15)12-24(13-19)18(25)16-9-21-23(2)11-16/h8-11,15H,3-7,12-13H2,1-2H3. The fourth-order valence-electron chi connectivity index (χ4n) is 3.94. The molecular weight excluding hydrogens is 346 g/mol. The van der Waals surface area contributed by atoms with Gasteiger partial charge in [0, 0.05) is 26.0 Å². The summed E-state index contributed by atoms with van der Waals surface area (Å²) in [4.78, 5) is 22.7. The van der Waals surface area contributed by atoms with Crippen LogP contribution < -0.4 is 4.74 Å². The third kappa shape index (κ3) is 3.95. The summed E-state index contributed by atoms with van der Waals surface area (Å²) in [5.74, 6) is 1.14. The maximum Gasteiger partial charge on any atom is 0.257 e. The zero-order valence-corrected chi connectivity index (χ0v) is 15.8. The predicted molar refractivity (Wildman–Crippen MR) is 97.4 cm³/mol. The summed E-state index contributed by atoms with van der Waals surface area (Å²) < 4.78 is 13.4. The lowest BCUT2D eigenvalue weighted by Crippen LogP contribution is -2.66. The molecular formula is C19H25N5O3. The molecule has 1 amide bonds. The number of rotatable bonds is 5. The predicted octanol–water partition coefficient (Wildman–Crippen LogP) is 1.61. The second-order valence-corrected chi connectivity index (χ2v) is 7.59. The quantitative estimate of drug-likeness (QED) is 0.794. The number of amides is 1. The number of carbonyl (C=O) groups is 1. The normalized spacial score (nSPS) is 21.1. The van der Waals surface area contributed by atoms with Gasteiger partial charge in [0.15, 0.2) is 0 Å². The summed E-state index contributed by atoms with van der Waals surface area (Å²) in [6.45, 7) is 4.57. The summed E-state index contributed by atoms with van der Waals surface area (Å²) in [5.41, 5.74) is 1.29. The summed E-state index contributed by atoms with van der Waals surface area (Å²) in [6.07, 6.45) is 9.68. The van der Waals surface area contributed by atoms with E-state index < -0.39 is 0 Å². The lowest BCUT2D eigenvalue weighted by atomic mass is 9.79. The molecule has 0 aromatic carbocycles. The van der Waals surface area contributed by atoms with Gasteiger partial charge >= 0.3 is 0 Å². The van der Waals surface area contributed by atoms with Crippen molar-refractivity contribution in [2.24, 2.45) is 13.0 Å². The van der Waals surface area contributed by atoms with Crippen LogP contribution in [-0.4, -0.2) is 62.5 Å². The van der Waals surface area contributed by atoms with Crippen LogP contribution in [0.5, 0.6) is 5.88 Å². The SMILES string of the molecule is Cc1cncc(OCCC2CCOC3(C2)CN(C(=O)c2cnn(C)c2)C3)n1. The van der Waals surface area contributed by atoms with Crippen molar-refractivity contribution in [2.45, 2.75) is 31.8 Å². The average molecular weight is 371 g/mol. The van der Waals surface area contributed by atoms with Crippen LogP contribution in [0.3, 0.4) is 0 Å². The van der Waals surface area contributed by atoms with Gasteiger partial charge in [-0.1, -0.05) is 0 Å². The van der Waals surface area contributed by atoms with Gasteiger partial charge in [0.25, 0.3) is 5.91 Å². The van der Waals surface area contributed by atoms with E-state index in [2.05, 4.69) is 15.1 Å². The van der Waals surface area contributed by atoms with E-state index in [0.29, 0.717) is 37.1 Å². The molecule has 144 valence electrons. The summed E-state index contributed by atoms with van der Waals surface area (Å²) in [6, 6.07) is 0. The number of aromatic nitrogens is 4. The van der Waals surface area contributed by atoms with Crippen LogP contribution in [0.1, 0.15) is 35.3 Å². The first-order valence-electron chi connectivity index (χ1n) is 9.36. The minimum Gasteiger partial charge on any atom is -0.477 e. The lowest BCUT2D eigenvalue weighted by molar-refractivity contribution is -0.166. The van der Waals surface area contributed by atoms with Crippen molar-refractivity contribution in [1.82, 2.24) is 24.6 Å². The Morgan fingerprint density at radius 2 is 2.22 bits per heavy atom.